The number of methoxy groups -OCH3 is 1. The molecule has 18 heavy (non-hydrogen) atoms. The van der Waals surface area contributed by atoms with Crippen LogP contribution in [0.3, 0.4) is 0 Å². The molecule has 0 radical (unpaired) electrons. The Hall–Kier alpha value is -2.30. The van der Waals surface area contributed by atoms with Crippen molar-refractivity contribution in [2.45, 2.75) is 6.92 Å². The molecular weight excluding hydrogens is 232 g/mol. The monoisotopic (exact) mass is 246 g/mol. The summed E-state index contributed by atoms with van der Waals surface area (Å²) in [6.45, 7) is 2.12. The van der Waals surface area contributed by atoms with Crippen molar-refractivity contribution in [1.82, 2.24) is 9.97 Å². The fraction of sp³-hybridized carbons (Fsp3) is 0.231. The lowest BCUT2D eigenvalue weighted by molar-refractivity contribution is 0.0521. The zero-order chi connectivity index (χ0) is 13.0. The van der Waals surface area contributed by atoms with Crippen molar-refractivity contribution in [1.29, 1.82) is 0 Å². The molecule has 2 rings (SSSR count). The maximum absolute atomic E-state index is 11.7. The number of carbonyl (C=O) groups excluding carboxylic acids is 1. The predicted octanol–water partition coefficient (Wildman–Crippen LogP) is 2.26. The first-order chi connectivity index (χ1) is 8.76. The molecule has 0 aromatic carbocycles. The van der Waals surface area contributed by atoms with Crippen LogP contribution in [0.4, 0.5) is 0 Å². The molecule has 0 amide bonds. The summed E-state index contributed by atoms with van der Waals surface area (Å²) in [6, 6.07) is 5.41. The van der Waals surface area contributed by atoms with Crippen LogP contribution >= 0.6 is 0 Å². The Kier molecular flexibility index (Phi) is 3.62. The molecule has 2 heterocycles. The summed E-state index contributed by atoms with van der Waals surface area (Å²) < 4.78 is 9.97. The molecule has 0 atom stereocenters. The van der Waals surface area contributed by atoms with Crippen LogP contribution < -0.4 is 4.74 Å². The Balaban J connectivity index is 2.32. The molecule has 0 saturated heterocycles. The van der Waals surface area contributed by atoms with Gasteiger partial charge in [0.15, 0.2) is 0 Å². The topological polar surface area (TPSA) is 64.2 Å². The third-order valence-electron chi connectivity index (χ3n) is 2.48. The number of ether oxygens (including phenoxy) is 2. The average molecular weight is 246 g/mol. The molecule has 0 spiro atoms. The van der Waals surface area contributed by atoms with Gasteiger partial charge < -0.3 is 14.5 Å². The largest absolute Gasteiger partial charge is 0.481 e. The molecule has 0 aliphatic heterocycles. The molecule has 0 fully saturated rings. The van der Waals surface area contributed by atoms with Crippen molar-refractivity contribution >= 4 is 5.97 Å². The van der Waals surface area contributed by atoms with Gasteiger partial charge in [-0.15, -0.1) is 0 Å². The van der Waals surface area contributed by atoms with E-state index in [4.69, 9.17) is 9.47 Å². The molecular formula is C13H14N2O3. The van der Waals surface area contributed by atoms with Gasteiger partial charge in [0.2, 0.25) is 5.88 Å². The van der Waals surface area contributed by atoms with Gasteiger partial charge in [0.1, 0.15) is 5.69 Å². The van der Waals surface area contributed by atoms with Crippen molar-refractivity contribution in [3.63, 3.8) is 0 Å². The van der Waals surface area contributed by atoms with Crippen LogP contribution in [0.25, 0.3) is 11.1 Å². The molecule has 2 aromatic heterocycles. The molecule has 5 heteroatoms. The number of hydrogen-bond donors (Lipinski definition) is 1. The van der Waals surface area contributed by atoms with Crippen LogP contribution in [-0.2, 0) is 4.74 Å². The lowest BCUT2D eigenvalue weighted by atomic mass is 10.1. The summed E-state index contributed by atoms with van der Waals surface area (Å²) in [5, 5.41) is 0. The van der Waals surface area contributed by atoms with Crippen LogP contribution in [0.1, 0.15) is 17.4 Å². The third kappa shape index (κ3) is 2.34. The van der Waals surface area contributed by atoms with Crippen molar-refractivity contribution in [3.05, 3.63) is 36.3 Å². The predicted molar refractivity (Wildman–Crippen MR) is 66.5 cm³/mol. The van der Waals surface area contributed by atoms with Gasteiger partial charge in [-0.05, 0) is 19.1 Å². The second kappa shape index (κ2) is 5.35. The number of rotatable bonds is 4. The minimum absolute atomic E-state index is 0.345. The lowest BCUT2D eigenvalue weighted by Crippen LogP contribution is -2.06. The van der Waals surface area contributed by atoms with E-state index >= 15 is 0 Å². The highest BCUT2D eigenvalue weighted by atomic mass is 16.5. The van der Waals surface area contributed by atoms with Crippen LogP contribution in [0.2, 0.25) is 0 Å². The molecule has 0 bridgehead atoms. The smallest absolute Gasteiger partial charge is 0.355 e. The maximum atomic E-state index is 11.7. The third-order valence-corrected chi connectivity index (χ3v) is 2.48. The van der Waals surface area contributed by atoms with E-state index < -0.39 is 0 Å². The second-order valence-corrected chi connectivity index (χ2v) is 3.58. The zero-order valence-electron chi connectivity index (χ0n) is 10.3. The molecule has 94 valence electrons. The minimum atomic E-state index is -0.367. The molecule has 0 saturated carbocycles. The van der Waals surface area contributed by atoms with Gasteiger partial charge in [-0.25, -0.2) is 9.78 Å². The number of carbonyl (C=O) groups is 1. The van der Waals surface area contributed by atoms with Gasteiger partial charge in [-0.3, -0.25) is 0 Å². The quantitative estimate of drug-likeness (QED) is 0.840. The highest BCUT2D eigenvalue weighted by Gasteiger charge is 2.15. The van der Waals surface area contributed by atoms with E-state index in [2.05, 4.69) is 9.97 Å². The molecule has 1 N–H and O–H groups in total. The van der Waals surface area contributed by atoms with E-state index in [1.807, 2.05) is 12.1 Å². The number of nitrogens with one attached hydrogen (secondary N) is 1. The van der Waals surface area contributed by atoms with Gasteiger partial charge in [0.05, 0.1) is 13.7 Å². The van der Waals surface area contributed by atoms with Gasteiger partial charge in [0, 0.05) is 29.6 Å². The Morgan fingerprint density at radius 1 is 1.39 bits per heavy atom. The van der Waals surface area contributed by atoms with Gasteiger partial charge in [0.25, 0.3) is 0 Å². The zero-order valence-corrected chi connectivity index (χ0v) is 10.3. The average Bonchev–Trinajstić information content (AvgIpc) is 2.88. The Morgan fingerprint density at radius 3 is 2.83 bits per heavy atom. The van der Waals surface area contributed by atoms with E-state index in [1.165, 1.54) is 0 Å². The van der Waals surface area contributed by atoms with E-state index in [9.17, 15) is 4.79 Å². The van der Waals surface area contributed by atoms with Crippen LogP contribution in [0.5, 0.6) is 5.88 Å². The molecule has 0 unspecified atom stereocenters. The van der Waals surface area contributed by atoms with Gasteiger partial charge in [-0.1, -0.05) is 0 Å². The molecule has 2 aromatic rings. The van der Waals surface area contributed by atoms with Crippen LogP contribution in [0.15, 0.2) is 30.6 Å². The summed E-state index contributed by atoms with van der Waals surface area (Å²) in [4.78, 5) is 18.7. The Bertz CT molecular complexity index is 531. The van der Waals surface area contributed by atoms with Crippen LogP contribution in [0, 0.1) is 0 Å². The number of esters is 1. The first-order valence-corrected chi connectivity index (χ1v) is 5.61. The van der Waals surface area contributed by atoms with Crippen molar-refractivity contribution in [2.75, 3.05) is 13.7 Å². The number of aromatic nitrogens is 2. The second-order valence-electron chi connectivity index (χ2n) is 3.58. The van der Waals surface area contributed by atoms with Crippen molar-refractivity contribution < 1.29 is 14.3 Å². The number of hydrogen-bond acceptors (Lipinski definition) is 4. The van der Waals surface area contributed by atoms with Gasteiger partial charge >= 0.3 is 5.97 Å². The summed E-state index contributed by atoms with van der Waals surface area (Å²) in [7, 11) is 1.56. The number of H-pyrrole nitrogens is 1. The van der Waals surface area contributed by atoms with Crippen molar-refractivity contribution in [3.8, 4) is 17.0 Å². The van der Waals surface area contributed by atoms with Crippen molar-refractivity contribution in [2.24, 2.45) is 0 Å². The Morgan fingerprint density at radius 2 is 2.22 bits per heavy atom. The number of aromatic amines is 1. The lowest BCUT2D eigenvalue weighted by Gasteiger charge is -2.04. The summed E-state index contributed by atoms with van der Waals surface area (Å²) >= 11 is 0. The number of pyridine rings is 1. The fourth-order valence-corrected chi connectivity index (χ4v) is 1.64. The molecule has 0 aliphatic rings. The first kappa shape index (κ1) is 12.2. The fourth-order valence-electron chi connectivity index (χ4n) is 1.64. The summed E-state index contributed by atoms with van der Waals surface area (Å²) in [6.07, 6.45) is 3.36. The first-order valence-electron chi connectivity index (χ1n) is 5.61. The van der Waals surface area contributed by atoms with E-state index in [0.29, 0.717) is 18.2 Å². The van der Waals surface area contributed by atoms with E-state index in [0.717, 1.165) is 11.1 Å². The van der Waals surface area contributed by atoms with E-state index in [1.54, 1.807) is 32.5 Å². The maximum Gasteiger partial charge on any atom is 0.355 e. The summed E-state index contributed by atoms with van der Waals surface area (Å²) in [5.74, 6) is 0.167. The molecule has 0 aliphatic carbocycles. The highest BCUT2D eigenvalue weighted by Crippen LogP contribution is 2.24. The number of nitrogens with zero attached hydrogens (tertiary/aromatic N) is 1. The Labute approximate surface area is 105 Å². The highest BCUT2D eigenvalue weighted by molar-refractivity contribution is 5.95. The SMILES string of the molecule is CCOC(=O)c1[nH]ccc1-c1ccc(OC)nc1. The normalized spacial score (nSPS) is 10.1. The standard InChI is InChI=1S/C13H14N2O3/c1-3-18-13(16)12-10(6-7-14-12)9-4-5-11(17-2)15-8-9/h4-8,14H,3H2,1-2H3. The van der Waals surface area contributed by atoms with Crippen LogP contribution in [-0.4, -0.2) is 29.7 Å². The van der Waals surface area contributed by atoms with E-state index in [-0.39, 0.29) is 5.97 Å². The minimum Gasteiger partial charge on any atom is -0.481 e. The summed E-state index contributed by atoms with van der Waals surface area (Å²) in [5.41, 5.74) is 2.03. The molecule has 5 nitrogen and oxygen atoms in total. The van der Waals surface area contributed by atoms with Gasteiger partial charge in [-0.2, -0.15) is 0 Å².